The molecule has 0 amide bonds. The minimum Gasteiger partial charge on any atom is -0.494 e. The highest BCUT2D eigenvalue weighted by Crippen LogP contribution is 2.36. The van der Waals surface area contributed by atoms with Gasteiger partial charge in [0.15, 0.2) is 0 Å². The Morgan fingerprint density at radius 1 is 0.711 bits per heavy atom. The molecule has 0 radical (unpaired) electrons. The summed E-state index contributed by atoms with van der Waals surface area (Å²) in [6, 6.07) is 17.2. The van der Waals surface area contributed by atoms with Gasteiger partial charge in [-0.05, 0) is 85.9 Å². The molecule has 0 N–H and O–H groups in total. The maximum atomic E-state index is 6.00. The van der Waals surface area contributed by atoms with Crippen molar-refractivity contribution in [3.63, 3.8) is 0 Å². The SMILES string of the molecule is CC[N+](CC)(CCOCCOc1ccc(C(C)(C)CC(C)(C)C)cc1)Cc1ccc(OCCCCBr)cc1. The predicted molar refractivity (Wildman–Crippen MR) is 165 cm³/mol. The zero-order chi connectivity index (χ0) is 28.1. The third kappa shape index (κ3) is 11.7. The van der Waals surface area contributed by atoms with E-state index in [-0.39, 0.29) is 5.41 Å². The van der Waals surface area contributed by atoms with Crippen molar-refractivity contribution in [2.24, 2.45) is 5.41 Å². The lowest BCUT2D eigenvalue weighted by Crippen LogP contribution is -2.49. The molecule has 5 heteroatoms. The minimum atomic E-state index is 0.145. The van der Waals surface area contributed by atoms with Crippen LogP contribution in [-0.4, -0.2) is 55.9 Å². The van der Waals surface area contributed by atoms with E-state index in [1.54, 1.807) is 0 Å². The summed E-state index contributed by atoms with van der Waals surface area (Å²) in [5.41, 5.74) is 3.15. The summed E-state index contributed by atoms with van der Waals surface area (Å²) < 4.78 is 18.8. The smallest absolute Gasteiger partial charge is 0.119 e. The van der Waals surface area contributed by atoms with Crippen LogP contribution < -0.4 is 9.47 Å². The number of unbranched alkanes of at least 4 members (excludes halogenated alkanes) is 1. The number of quaternary nitrogens is 1. The van der Waals surface area contributed by atoms with E-state index in [1.807, 2.05) is 0 Å². The molecule has 0 spiro atoms. The van der Waals surface area contributed by atoms with E-state index in [2.05, 4.69) is 113 Å². The van der Waals surface area contributed by atoms with E-state index in [9.17, 15) is 0 Å². The van der Waals surface area contributed by atoms with Crippen molar-refractivity contribution in [2.75, 3.05) is 51.4 Å². The van der Waals surface area contributed by atoms with E-state index < -0.39 is 0 Å². The molecule has 0 bridgehead atoms. The number of hydrogen-bond acceptors (Lipinski definition) is 3. The monoisotopic (exact) mass is 590 g/mol. The highest BCUT2D eigenvalue weighted by Gasteiger charge is 2.27. The van der Waals surface area contributed by atoms with Crippen molar-refractivity contribution < 1.29 is 18.7 Å². The maximum Gasteiger partial charge on any atom is 0.119 e. The van der Waals surface area contributed by atoms with Crippen LogP contribution >= 0.6 is 15.9 Å². The van der Waals surface area contributed by atoms with E-state index in [0.29, 0.717) is 18.6 Å². The van der Waals surface area contributed by atoms with Gasteiger partial charge in [-0.2, -0.15) is 0 Å². The quantitative estimate of drug-likeness (QED) is 0.0990. The van der Waals surface area contributed by atoms with Gasteiger partial charge < -0.3 is 18.7 Å². The molecule has 0 aliphatic carbocycles. The van der Waals surface area contributed by atoms with Crippen LogP contribution in [-0.2, 0) is 16.7 Å². The van der Waals surface area contributed by atoms with Gasteiger partial charge in [0, 0.05) is 10.9 Å². The molecule has 214 valence electrons. The Labute approximate surface area is 241 Å². The Balaban J connectivity index is 1.75. The van der Waals surface area contributed by atoms with Gasteiger partial charge in [0.05, 0.1) is 32.9 Å². The van der Waals surface area contributed by atoms with Crippen molar-refractivity contribution >= 4 is 15.9 Å². The van der Waals surface area contributed by atoms with Crippen molar-refractivity contribution in [1.82, 2.24) is 0 Å². The molecule has 38 heavy (non-hydrogen) atoms. The molecule has 0 aliphatic heterocycles. The van der Waals surface area contributed by atoms with Crippen LogP contribution in [0, 0.1) is 5.41 Å². The Bertz CT molecular complexity index is 899. The van der Waals surface area contributed by atoms with Crippen molar-refractivity contribution in [3.8, 4) is 11.5 Å². The van der Waals surface area contributed by atoms with Crippen molar-refractivity contribution in [2.45, 2.75) is 79.7 Å². The van der Waals surface area contributed by atoms with E-state index in [0.717, 1.165) is 80.0 Å². The molecular formula is C33H53BrNO3+. The molecule has 0 saturated carbocycles. The second-order valence-corrected chi connectivity index (χ2v) is 13.1. The number of ether oxygens (including phenoxy) is 3. The van der Waals surface area contributed by atoms with E-state index in [1.165, 1.54) is 11.1 Å². The summed E-state index contributed by atoms with van der Waals surface area (Å²) in [5, 5.41) is 1.03. The molecule has 0 aliphatic rings. The average Bonchev–Trinajstić information content (AvgIpc) is 2.88. The first-order valence-corrected chi connectivity index (χ1v) is 15.6. The molecule has 4 nitrogen and oxygen atoms in total. The Kier molecular flexibility index (Phi) is 13.6. The highest BCUT2D eigenvalue weighted by atomic mass is 79.9. The zero-order valence-electron chi connectivity index (χ0n) is 25.2. The first-order valence-electron chi connectivity index (χ1n) is 14.5. The summed E-state index contributed by atoms with van der Waals surface area (Å²) in [6.45, 7) is 23.0. The van der Waals surface area contributed by atoms with Crippen LogP contribution in [0.2, 0.25) is 0 Å². The van der Waals surface area contributed by atoms with E-state index >= 15 is 0 Å². The molecule has 2 rings (SSSR count). The number of benzene rings is 2. The van der Waals surface area contributed by atoms with E-state index in [4.69, 9.17) is 14.2 Å². The number of alkyl halides is 1. The fraction of sp³-hybridized carbons (Fsp3) is 0.636. The summed E-state index contributed by atoms with van der Waals surface area (Å²) in [7, 11) is 0. The molecular weight excluding hydrogens is 538 g/mol. The van der Waals surface area contributed by atoms with Gasteiger partial charge in [-0.3, -0.25) is 0 Å². The third-order valence-electron chi connectivity index (χ3n) is 7.39. The van der Waals surface area contributed by atoms with Gasteiger partial charge in [-0.15, -0.1) is 0 Å². The number of likely N-dealkylation sites (N-methyl/N-ethyl adjacent to an activating group) is 1. The molecule has 0 fully saturated rings. The molecule has 2 aromatic carbocycles. The van der Waals surface area contributed by atoms with Crippen LogP contribution in [0.15, 0.2) is 48.5 Å². The first kappa shape index (κ1) is 32.7. The third-order valence-corrected chi connectivity index (χ3v) is 7.95. The summed E-state index contributed by atoms with van der Waals surface area (Å²) >= 11 is 3.47. The average molecular weight is 592 g/mol. The summed E-state index contributed by atoms with van der Waals surface area (Å²) in [5.74, 6) is 1.87. The lowest BCUT2D eigenvalue weighted by molar-refractivity contribution is -0.938. The minimum absolute atomic E-state index is 0.145. The molecule has 0 aromatic heterocycles. The van der Waals surface area contributed by atoms with Gasteiger partial charge in [0.1, 0.15) is 31.2 Å². The van der Waals surface area contributed by atoms with Crippen molar-refractivity contribution in [3.05, 3.63) is 59.7 Å². The van der Waals surface area contributed by atoms with Gasteiger partial charge >= 0.3 is 0 Å². The fourth-order valence-corrected chi connectivity index (χ4v) is 5.71. The topological polar surface area (TPSA) is 27.7 Å². The maximum absolute atomic E-state index is 6.00. The normalized spacial score (nSPS) is 12.5. The molecule has 2 aromatic rings. The number of hydrogen-bond donors (Lipinski definition) is 0. The molecule has 0 heterocycles. The van der Waals surface area contributed by atoms with Gasteiger partial charge in [0.2, 0.25) is 0 Å². The van der Waals surface area contributed by atoms with Gasteiger partial charge in [0.25, 0.3) is 0 Å². The van der Waals surface area contributed by atoms with Crippen LogP contribution in [0.1, 0.15) is 78.9 Å². The fourth-order valence-electron chi connectivity index (χ4n) is 5.32. The number of rotatable bonds is 18. The van der Waals surface area contributed by atoms with Gasteiger partial charge in [-0.25, -0.2) is 0 Å². The Morgan fingerprint density at radius 2 is 1.29 bits per heavy atom. The van der Waals surface area contributed by atoms with Crippen LogP contribution in [0.3, 0.4) is 0 Å². The second-order valence-electron chi connectivity index (χ2n) is 12.4. The van der Waals surface area contributed by atoms with Crippen LogP contribution in [0.4, 0.5) is 0 Å². The first-order chi connectivity index (χ1) is 18.0. The Morgan fingerprint density at radius 3 is 1.84 bits per heavy atom. The largest absolute Gasteiger partial charge is 0.494 e. The molecule has 0 unspecified atom stereocenters. The molecule has 0 saturated heterocycles. The lowest BCUT2D eigenvalue weighted by atomic mass is 9.72. The predicted octanol–water partition coefficient (Wildman–Crippen LogP) is 8.41. The van der Waals surface area contributed by atoms with Crippen LogP contribution in [0.25, 0.3) is 0 Å². The second kappa shape index (κ2) is 15.9. The summed E-state index contributed by atoms with van der Waals surface area (Å²) in [4.78, 5) is 0. The van der Waals surface area contributed by atoms with Crippen molar-refractivity contribution in [1.29, 1.82) is 0 Å². The standard InChI is InChI=1S/C33H53BrNO3/c1-8-35(9-2,26-28-12-16-30(17-13-28)37-22-11-10-20-34)21-23-36-24-25-38-31-18-14-29(15-19-31)33(6,7)27-32(3,4)5/h12-19H,8-11,20-27H2,1-7H3/q+1. The van der Waals surface area contributed by atoms with Gasteiger partial charge in [-0.1, -0.05) is 62.7 Å². The molecule has 0 atom stereocenters. The lowest BCUT2D eigenvalue weighted by Gasteiger charge is -2.37. The number of halogens is 1. The number of nitrogens with zero attached hydrogens (tertiary/aromatic N) is 1. The highest BCUT2D eigenvalue weighted by molar-refractivity contribution is 9.09. The van der Waals surface area contributed by atoms with Crippen LogP contribution in [0.5, 0.6) is 11.5 Å². The summed E-state index contributed by atoms with van der Waals surface area (Å²) in [6.07, 6.45) is 3.36. The Hall–Kier alpha value is -1.56. The zero-order valence-corrected chi connectivity index (χ0v) is 26.7.